The van der Waals surface area contributed by atoms with E-state index in [9.17, 15) is 9.59 Å². The smallest absolute Gasteiger partial charge is 0.313 e. The van der Waals surface area contributed by atoms with E-state index in [0.29, 0.717) is 10.6 Å². The summed E-state index contributed by atoms with van der Waals surface area (Å²) in [5, 5.41) is 8.95. The number of carbonyl (C=O) groups excluding carboxylic acids is 1. The number of pyridine rings is 1. The van der Waals surface area contributed by atoms with Gasteiger partial charge in [0.05, 0.1) is 16.3 Å². The van der Waals surface area contributed by atoms with Gasteiger partial charge in [0.25, 0.3) is 0 Å². The van der Waals surface area contributed by atoms with Crippen molar-refractivity contribution in [1.82, 2.24) is 4.98 Å². The topological polar surface area (TPSA) is 93.3 Å². The van der Waals surface area contributed by atoms with Gasteiger partial charge in [0.1, 0.15) is 0 Å². The lowest BCUT2D eigenvalue weighted by atomic mass is 10.3. The van der Waals surface area contributed by atoms with Gasteiger partial charge in [0.15, 0.2) is 0 Å². The van der Waals surface area contributed by atoms with Crippen LogP contribution in [-0.4, -0.2) is 27.7 Å². The average molecular weight is 212 g/mol. The standard InChI is InChI=1S/C8H8N2O3S/c9-8(13)5-1-2-6(10-3-5)14-4-7(11)12/h1-3H,4H2,(H2,9,13)(H,11,12). The van der Waals surface area contributed by atoms with Gasteiger partial charge in [-0.15, -0.1) is 0 Å². The Morgan fingerprint density at radius 3 is 2.64 bits per heavy atom. The van der Waals surface area contributed by atoms with Crippen LogP contribution in [0.1, 0.15) is 10.4 Å². The van der Waals surface area contributed by atoms with E-state index in [2.05, 4.69) is 4.98 Å². The molecule has 6 heteroatoms. The van der Waals surface area contributed by atoms with Crippen molar-refractivity contribution in [1.29, 1.82) is 0 Å². The Kier molecular flexibility index (Phi) is 3.47. The molecular formula is C8H8N2O3S. The van der Waals surface area contributed by atoms with Gasteiger partial charge >= 0.3 is 5.97 Å². The van der Waals surface area contributed by atoms with Gasteiger partial charge in [-0.05, 0) is 12.1 Å². The predicted molar refractivity (Wildman–Crippen MR) is 51.1 cm³/mol. The number of primary amides is 1. The highest BCUT2D eigenvalue weighted by atomic mass is 32.2. The minimum atomic E-state index is -0.907. The zero-order chi connectivity index (χ0) is 10.6. The van der Waals surface area contributed by atoms with Gasteiger partial charge in [-0.25, -0.2) is 4.98 Å². The molecule has 1 rings (SSSR count). The molecule has 0 aliphatic carbocycles. The Morgan fingerprint density at radius 1 is 1.50 bits per heavy atom. The minimum Gasteiger partial charge on any atom is -0.481 e. The van der Waals surface area contributed by atoms with Crippen molar-refractivity contribution in [3.8, 4) is 0 Å². The maximum absolute atomic E-state index is 10.7. The van der Waals surface area contributed by atoms with Crippen molar-refractivity contribution in [3.05, 3.63) is 23.9 Å². The first kappa shape index (κ1) is 10.5. The number of carboxylic acid groups (broad SMARTS) is 1. The van der Waals surface area contributed by atoms with Crippen molar-refractivity contribution in [2.24, 2.45) is 5.73 Å². The molecule has 74 valence electrons. The molecule has 14 heavy (non-hydrogen) atoms. The van der Waals surface area contributed by atoms with Gasteiger partial charge in [0.2, 0.25) is 5.91 Å². The highest BCUT2D eigenvalue weighted by Gasteiger charge is 2.03. The van der Waals surface area contributed by atoms with Gasteiger partial charge in [-0.2, -0.15) is 0 Å². The molecule has 0 aliphatic rings. The third-order valence-electron chi connectivity index (χ3n) is 1.36. The van der Waals surface area contributed by atoms with Crippen molar-refractivity contribution in [2.75, 3.05) is 5.75 Å². The summed E-state index contributed by atoms with van der Waals surface area (Å²) in [5.74, 6) is -1.51. The van der Waals surface area contributed by atoms with Crippen LogP contribution in [0.25, 0.3) is 0 Å². The van der Waals surface area contributed by atoms with Crippen LogP contribution < -0.4 is 5.73 Å². The molecule has 0 bridgehead atoms. The quantitative estimate of drug-likeness (QED) is 0.703. The maximum atomic E-state index is 10.7. The Bertz CT molecular complexity index is 350. The molecule has 3 N–H and O–H groups in total. The molecule has 0 atom stereocenters. The molecule has 1 heterocycles. The average Bonchev–Trinajstić information content (AvgIpc) is 2.15. The molecule has 1 aromatic heterocycles. The maximum Gasteiger partial charge on any atom is 0.313 e. The number of hydrogen-bond acceptors (Lipinski definition) is 4. The normalized spacial score (nSPS) is 9.71. The fourth-order valence-corrected chi connectivity index (χ4v) is 1.31. The molecule has 0 saturated heterocycles. The highest BCUT2D eigenvalue weighted by Crippen LogP contribution is 2.14. The van der Waals surface area contributed by atoms with Gasteiger partial charge in [-0.1, -0.05) is 11.8 Å². The Labute approximate surface area is 84.3 Å². The summed E-state index contributed by atoms with van der Waals surface area (Å²) in [5.41, 5.74) is 5.32. The fourth-order valence-electron chi connectivity index (χ4n) is 0.747. The summed E-state index contributed by atoms with van der Waals surface area (Å²) >= 11 is 1.09. The lowest BCUT2D eigenvalue weighted by Gasteiger charge is -1.98. The number of nitrogens with two attached hydrogens (primary N) is 1. The zero-order valence-corrected chi connectivity index (χ0v) is 7.95. The monoisotopic (exact) mass is 212 g/mol. The number of aromatic nitrogens is 1. The molecule has 0 spiro atoms. The van der Waals surface area contributed by atoms with Crippen LogP contribution >= 0.6 is 11.8 Å². The summed E-state index contributed by atoms with van der Waals surface area (Å²) in [6, 6.07) is 3.08. The second-order valence-corrected chi connectivity index (χ2v) is 3.43. The molecule has 0 aromatic carbocycles. The third kappa shape index (κ3) is 3.06. The van der Waals surface area contributed by atoms with E-state index in [1.54, 1.807) is 6.07 Å². The number of amides is 1. The van der Waals surface area contributed by atoms with E-state index in [1.165, 1.54) is 12.3 Å². The number of carboxylic acids is 1. The van der Waals surface area contributed by atoms with Gasteiger partial charge in [0, 0.05) is 6.20 Å². The number of hydrogen-bond donors (Lipinski definition) is 2. The summed E-state index contributed by atoms with van der Waals surface area (Å²) in [6.45, 7) is 0. The molecule has 5 nitrogen and oxygen atoms in total. The largest absolute Gasteiger partial charge is 0.481 e. The predicted octanol–water partition coefficient (Wildman–Crippen LogP) is 0.357. The summed E-state index contributed by atoms with van der Waals surface area (Å²) in [6.07, 6.45) is 1.33. The van der Waals surface area contributed by atoms with Crippen LogP contribution in [0.5, 0.6) is 0 Å². The first-order valence-electron chi connectivity index (χ1n) is 3.70. The number of rotatable bonds is 4. The summed E-state index contributed by atoms with van der Waals surface area (Å²) in [7, 11) is 0. The molecule has 0 radical (unpaired) electrons. The lowest BCUT2D eigenvalue weighted by molar-refractivity contribution is -0.133. The zero-order valence-electron chi connectivity index (χ0n) is 7.14. The highest BCUT2D eigenvalue weighted by molar-refractivity contribution is 7.99. The third-order valence-corrected chi connectivity index (χ3v) is 2.29. The second kappa shape index (κ2) is 4.61. The fraction of sp³-hybridized carbons (Fsp3) is 0.125. The molecule has 0 saturated carbocycles. The molecule has 0 aliphatic heterocycles. The first-order chi connectivity index (χ1) is 6.59. The van der Waals surface area contributed by atoms with Crippen molar-refractivity contribution in [2.45, 2.75) is 5.03 Å². The molecule has 1 amide bonds. The van der Waals surface area contributed by atoms with Crippen LogP contribution in [0.15, 0.2) is 23.4 Å². The number of aliphatic carboxylic acids is 1. The van der Waals surface area contributed by atoms with E-state index in [1.807, 2.05) is 0 Å². The van der Waals surface area contributed by atoms with Crippen LogP contribution in [0.4, 0.5) is 0 Å². The summed E-state index contributed by atoms with van der Waals surface area (Å²) in [4.78, 5) is 24.8. The molecule has 0 unspecified atom stereocenters. The summed E-state index contributed by atoms with van der Waals surface area (Å²) < 4.78 is 0. The molecular weight excluding hydrogens is 204 g/mol. The Morgan fingerprint density at radius 2 is 2.21 bits per heavy atom. The lowest BCUT2D eigenvalue weighted by Crippen LogP contribution is -2.11. The first-order valence-corrected chi connectivity index (χ1v) is 4.68. The van der Waals surface area contributed by atoms with E-state index in [-0.39, 0.29) is 5.75 Å². The van der Waals surface area contributed by atoms with Crippen molar-refractivity contribution >= 4 is 23.6 Å². The SMILES string of the molecule is NC(=O)c1ccc(SCC(=O)O)nc1. The molecule has 0 fully saturated rings. The minimum absolute atomic E-state index is 0.0527. The number of nitrogens with zero attached hydrogens (tertiary/aromatic N) is 1. The van der Waals surface area contributed by atoms with Crippen molar-refractivity contribution < 1.29 is 14.7 Å². The Balaban J connectivity index is 2.64. The van der Waals surface area contributed by atoms with E-state index in [0.717, 1.165) is 11.8 Å². The molecule has 1 aromatic rings. The Hall–Kier alpha value is -1.56. The van der Waals surface area contributed by atoms with Crippen LogP contribution in [0.3, 0.4) is 0 Å². The van der Waals surface area contributed by atoms with Crippen LogP contribution in [-0.2, 0) is 4.79 Å². The van der Waals surface area contributed by atoms with Crippen LogP contribution in [0.2, 0.25) is 0 Å². The number of carbonyl (C=O) groups is 2. The van der Waals surface area contributed by atoms with E-state index < -0.39 is 11.9 Å². The second-order valence-electron chi connectivity index (χ2n) is 2.43. The van der Waals surface area contributed by atoms with Gasteiger partial charge in [-0.3, -0.25) is 9.59 Å². The van der Waals surface area contributed by atoms with Gasteiger partial charge < -0.3 is 10.8 Å². The van der Waals surface area contributed by atoms with E-state index in [4.69, 9.17) is 10.8 Å². The van der Waals surface area contributed by atoms with E-state index >= 15 is 0 Å². The van der Waals surface area contributed by atoms with Crippen molar-refractivity contribution in [3.63, 3.8) is 0 Å². The van der Waals surface area contributed by atoms with Crippen LogP contribution in [0, 0.1) is 0 Å². The number of thioether (sulfide) groups is 1.